The van der Waals surface area contributed by atoms with Gasteiger partial charge in [-0.05, 0) is 26.2 Å². The number of rotatable bonds is 3. The van der Waals surface area contributed by atoms with Gasteiger partial charge in [0.2, 0.25) is 0 Å². The Morgan fingerprint density at radius 3 is 3.00 bits per heavy atom. The molecule has 0 aliphatic carbocycles. The Balaban J connectivity index is 2.43. The van der Waals surface area contributed by atoms with E-state index in [0.717, 1.165) is 25.9 Å². The summed E-state index contributed by atoms with van der Waals surface area (Å²) in [5.41, 5.74) is 6.03. The van der Waals surface area contributed by atoms with Crippen LogP contribution in [0.15, 0.2) is 12.7 Å². The molecule has 0 aromatic rings. The normalized spacial score (nSPS) is 37.5. The number of allylic oxidation sites excluding steroid dienone is 1. The minimum Gasteiger partial charge on any atom is -0.377 e. The topological polar surface area (TPSA) is 35.2 Å². The summed E-state index contributed by atoms with van der Waals surface area (Å²) in [6.07, 6.45) is 5.10. The van der Waals surface area contributed by atoms with Gasteiger partial charge in [0.1, 0.15) is 0 Å². The molecule has 0 spiro atoms. The van der Waals surface area contributed by atoms with Crippen LogP contribution >= 0.6 is 0 Å². The van der Waals surface area contributed by atoms with Gasteiger partial charge in [-0.2, -0.15) is 0 Å². The van der Waals surface area contributed by atoms with E-state index in [-0.39, 0.29) is 11.6 Å². The maximum Gasteiger partial charge on any atom is 0.0727 e. The van der Waals surface area contributed by atoms with Gasteiger partial charge < -0.3 is 10.5 Å². The first kappa shape index (κ1) is 8.75. The predicted octanol–water partition coefficient (Wildman–Crippen LogP) is 1.46. The summed E-state index contributed by atoms with van der Waals surface area (Å²) in [7, 11) is 0. The monoisotopic (exact) mass is 155 g/mol. The second kappa shape index (κ2) is 3.37. The summed E-state index contributed by atoms with van der Waals surface area (Å²) >= 11 is 0. The molecule has 1 aliphatic heterocycles. The van der Waals surface area contributed by atoms with Gasteiger partial charge >= 0.3 is 0 Å². The SMILES string of the molecule is C=CCCC1(N)CCOC1C. The average molecular weight is 155 g/mol. The number of hydrogen-bond donors (Lipinski definition) is 1. The van der Waals surface area contributed by atoms with Crippen LogP contribution < -0.4 is 5.73 Å². The molecule has 0 aromatic carbocycles. The Morgan fingerprint density at radius 1 is 1.82 bits per heavy atom. The summed E-state index contributed by atoms with van der Waals surface area (Å²) in [6.45, 7) is 6.55. The van der Waals surface area contributed by atoms with Crippen molar-refractivity contribution in [1.82, 2.24) is 0 Å². The Labute approximate surface area is 68.4 Å². The van der Waals surface area contributed by atoms with Crippen LogP contribution in [0.5, 0.6) is 0 Å². The van der Waals surface area contributed by atoms with Gasteiger partial charge in [-0.1, -0.05) is 6.08 Å². The first-order valence-electron chi connectivity index (χ1n) is 4.20. The largest absolute Gasteiger partial charge is 0.377 e. The van der Waals surface area contributed by atoms with Gasteiger partial charge in [-0.15, -0.1) is 6.58 Å². The maximum atomic E-state index is 6.12. The molecular formula is C9H17NO. The van der Waals surface area contributed by atoms with E-state index in [4.69, 9.17) is 10.5 Å². The third kappa shape index (κ3) is 1.82. The predicted molar refractivity (Wildman–Crippen MR) is 46.4 cm³/mol. The van der Waals surface area contributed by atoms with Crippen molar-refractivity contribution < 1.29 is 4.74 Å². The highest BCUT2D eigenvalue weighted by Gasteiger charge is 2.36. The molecule has 64 valence electrons. The van der Waals surface area contributed by atoms with E-state index in [2.05, 4.69) is 13.5 Å². The van der Waals surface area contributed by atoms with Crippen LogP contribution in [0.3, 0.4) is 0 Å². The molecule has 1 fully saturated rings. The molecule has 0 saturated carbocycles. The lowest BCUT2D eigenvalue weighted by Crippen LogP contribution is -2.45. The van der Waals surface area contributed by atoms with Gasteiger partial charge in [0.15, 0.2) is 0 Å². The van der Waals surface area contributed by atoms with E-state index in [1.165, 1.54) is 0 Å². The van der Waals surface area contributed by atoms with E-state index >= 15 is 0 Å². The summed E-state index contributed by atoms with van der Waals surface area (Å²) in [5.74, 6) is 0. The average Bonchev–Trinajstić information content (AvgIpc) is 2.30. The Morgan fingerprint density at radius 2 is 2.55 bits per heavy atom. The Bertz CT molecular complexity index is 146. The van der Waals surface area contributed by atoms with E-state index < -0.39 is 0 Å². The zero-order chi connectivity index (χ0) is 8.32. The quantitative estimate of drug-likeness (QED) is 0.626. The Kier molecular flexibility index (Phi) is 2.68. The molecule has 2 atom stereocenters. The highest BCUT2D eigenvalue weighted by molar-refractivity contribution is 4.95. The van der Waals surface area contributed by atoms with Crippen LogP contribution in [0.2, 0.25) is 0 Å². The van der Waals surface area contributed by atoms with Crippen molar-refractivity contribution in [3.05, 3.63) is 12.7 Å². The highest BCUT2D eigenvalue weighted by atomic mass is 16.5. The second-order valence-corrected chi connectivity index (χ2v) is 3.32. The van der Waals surface area contributed by atoms with Crippen LogP contribution in [-0.4, -0.2) is 18.2 Å². The van der Waals surface area contributed by atoms with Crippen LogP contribution in [0, 0.1) is 0 Å². The maximum absolute atomic E-state index is 6.12. The summed E-state index contributed by atoms with van der Waals surface area (Å²) < 4.78 is 5.41. The Hall–Kier alpha value is -0.340. The molecule has 2 unspecified atom stereocenters. The molecule has 11 heavy (non-hydrogen) atoms. The molecule has 1 aliphatic rings. The van der Waals surface area contributed by atoms with Crippen molar-refractivity contribution in [2.24, 2.45) is 5.73 Å². The lowest BCUT2D eigenvalue weighted by molar-refractivity contribution is 0.0932. The molecule has 1 heterocycles. The smallest absolute Gasteiger partial charge is 0.0727 e. The summed E-state index contributed by atoms with van der Waals surface area (Å²) in [6, 6.07) is 0. The number of ether oxygens (including phenoxy) is 1. The summed E-state index contributed by atoms with van der Waals surface area (Å²) in [5, 5.41) is 0. The fourth-order valence-electron chi connectivity index (χ4n) is 1.49. The van der Waals surface area contributed by atoms with Crippen LogP contribution in [0.1, 0.15) is 26.2 Å². The zero-order valence-corrected chi connectivity index (χ0v) is 7.18. The first-order chi connectivity index (χ1) is 5.19. The fraction of sp³-hybridized carbons (Fsp3) is 0.778. The highest BCUT2D eigenvalue weighted by Crippen LogP contribution is 2.27. The van der Waals surface area contributed by atoms with E-state index in [0.29, 0.717) is 0 Å². The standard InChI is InChI=1S/C9H17NO/c1-3-4-5-9(10)6-7-11-8(9)2/h3,8H,1,4-7,10H2,2H3. The van der Waals surface area contributed by atoms with Crippen LogP contribution in [0.25, 0.3) is 0 Å². The van der Waals surface area contributed by atoms with E-state index in [1.54, 1.807) is 0 Å². The molecule has 2 heteroatoms. The van der Waals surface area contributed by atoms with Gasteiger partial charge in [0.25, 0.3) is 0 Å². The van der Waals surface area contributed by atoms with Crippen molar-refractivity contribution in [1.29, 1.82) is 0 Å². The second-order valence-electron chi connectivity index (χ2n) is 3.32. The zero-order valence-electron chi connectivity index (χ0n) is 7.18. The molecular weight excluding hydrogens is 138 g/mol. The molecule has 2 nitrogen and oxygen atoms in total. The van der Waals surface area contributed by atoms with Crippen LogP contribution in [0.4, 0.5) is 0 Å². The van der Waals surface area contributed by atoms with Gasteiger partial charge in [0, 0.05) is 12.1 Å². The third-order valence-electron chi connectivity index (χ3n) is 2.56. The van der Waals surface area contributed by atoms with Crippen molar-refractivity contribution in [2.75, 3.05) is 6.61 Å². The van der Waals surface area contributed by atoms with Crippen molar-refractivity contribution in [2.45, 2.75) is 37.8 Å². The van der Waals surface area contributed by atoms with Gasteiger partial charge in [-0.3, -0.25) is 0 Å². The molecule has 2 N–H and O–H groups in total. The van der Waals surface area contributed by atoms with Crippen molar-refractivity contribution in [3.63, 3.8) is 0 Å². The fourth-order valence-corrected chi connectivity index (χ4v) is 1.49. The summed E-state index contributed by atoms with van der Waals surface area (Å²) in [4.78, 5) is 0. The van der Waals surface area contributed by atoms with Crippen molar-refractivity contribution in [3.8, 4) is 0 Å². The lowest BCUT2D eigenvalue weighted by atomic mass is 9.88. The van der Waals surface area contributed by atoms with Gasteiger partial charge in [-0.25, -0.2) is 0 Å². The molecule has 0 bridgehead atoms. The van der Waals surface area contributed by atoms with Crippen molar-refractivity contribution >= 4 is 0 Å². The molecule has 0 aromatic heterocycles. The van der Waals surface area contributed by atoms with Crippen LogP contribution in [-0.2, 0) is 4.74 Å². The van der Waals surface area contributed by atoms with E-state index in [1.807, 2.05) is 6.08 Å². The number of hydrogen-bond acceptors (Lipinski definition) is 2. The third-order valence-corrected chi connectivity index (χ3v) is 2.56. The van der Waals surface area contributed by atoms with Gasteiger partial charge in [0.05, 0.1) is 6.10 Å². The molecule has 0 amide bonds. The minimum atomic E-state index is -0.0891. The van der Waals surface area contributed by atoms with E-state index in [9.17, 15) is 0 Å². The lowest BCUT2D eigenvalue weighted by Gasteiger charge is -2.26. The number of nitrogens with two attached hydrogens (primary N) is 1. The first-order valence-corrected chi connectivity index (χ1v) is 4.20. The molecule has 1 saturated heterocycles. The minimum absolute atomic E-state index is 0.0891. The molecule has 0 radical (unpaired) electrons. The molecule has 1 rings (SSSR count).